The summed E-state index contributed by atoms with van der Waals surface area (Å²) >= 11 is 0. The molecule has 0 radical (unpaired) electrons. The lowest BCUT2D eigenvalue weighted by molar-refractivity contribution is 0.0180. The first-order valence-electron chi connectivity index (χ1n) is 6.61. The van der Waals surface area contributed by atoms with Crippen LogP contribution in [0.5, 0.6) is 0 Å². The zero-order chi connectivity index (χ0) is 13.4. The van der Waals surface area contributed by atoms with Crippen LogP contribution in [0.15, 0.2) is 16.5 Å². The van der Waals surface area contributed by atoms with Crippen molar-refractivity contribution in [2.75, 3.05) is 26.8 Å². The lowest BCUT2D eigenvalue weighted by Crippen LogP contribution is -2.31. The van der Waals surface area contributed by atoms with Gasteiger partial charge in [0.15, 0.2) is 0 Å². The van der Waals surface area contributed by atoms with Crippen LogP contribution in [0.2, 0.25) is 0 Å². The summed E-state index contributed by atoms with van der Waals surface area (Å²) in [6.07, 6.45) is 1.73. The molecule has 0 aliphatic heterocycles. The molecule has 0 amide bonds. The Kier molecular flexibility index (Phi) is 7.01. The smallest absolute Gasteiger partial charge is 0.118 e. The summed E-state index contributed by atoms with van der Waals surface area (Å²) in [4.78, 5) is 2.03. The van der Waals surface area contributed by atoms with Crippen LogP contribution in [0.25, 0.3) is 0 Å². The maximum atomic E-state index is 9.80. The maximum absolute atomic E-state index is 9.80. The van der Waals surface area contributed by atoms with Crippen molar-refractivity contribution >= 4 is 0 Å². The number of hydrogen-bond acceptors (Lipinski definition) is 4. The Labute approximate surface area is 110 Å². The van der Waals surface area contributed by atoms with Gasteiger partial charge in [0.1, 0.15) is 11.5 Å². The van der Waals surface area contributed by atoms with Crippen molar-refractivity contribution < 1.29 is 14.3 Å². The van der Waals surface area contributed by atoms with Crippen molar-refractivity contribution in [2.45, 2.75) is 39.3 Å². The second kappa shape index (κ2) is 8.29. The number of aliphatic hydroxyl groups is 1. The van der Waals surface area contributed by atoms with Gasteiger partial charge in [-0.15, -0.1) is 0 Å². The van der Waals surface area contributed by atoms with Gasteiger partial charge in [-0.2, -0.15) is 0 Å². The molecule has 1 aromatic heterocycles. The lowest BCUT2D eigenvalue weighted by atomic mass is 10.3. The molecule has 0 saturated carbocycles. The van der Waals surface area contributed by atoms with E-state index in [2.05, 4.69) is 6.92 Å². The molecule has 0 aromatic carbocycles. The van der Waals surface area contributed by atoms with Gasteiger partial charge in [0.2, 0.25) is 0 Å². The average molecular weight is 255 g/mol. The number of ether oxygens (including phenoxy) is 1. The molecule has 1 aromatic rings. The number of aliphatic hydroxyl groups excluding tert-OH is 1. The fourth-order valence-corrected chi connectivity index (χ4v) is 1.78. The van der Waals surface area contributed by atoms with Gasteiger partial charge in [0, 0.05) is 13.2 Å². The standard InChI is InChI=1S/C14H25NO3/c1-4-5-8-17-11-13(16)9-15(3)10-14-7-6-12(2)18-14/h6-7,13,16H,4-5,8-11H2,1-3H3. The molecule has 0 aliphatic carbocycles. The molecule has 1 atom stereocenters. The van der Waals surface area contributed by atoms with E-state index < -0.39 is 6.10 Å². The largest absolute Gasteiger partial charge is 0.465 e. The van der Waals surface area contributed by atoms with Crippen LogP contribution in [-0.4, -0.2) is 42.9 Å². The Morgan fingerprint density at radius 3 is 2.83 bits per heavy atom. The van der Waals surface area contributed by atoms with Crippen LogP contribution < -0.4 is 0 Å². The number of unbranched alkanes of at least 4 members (excludes halogenated alkanes) is 1. The Hall–Kier alpha value is -0.840. The third kappa shape index (κ3) is 6.19. The number of hydrogen-bond donors (Lipinski definition) is 1. The van der Waals surface area contributed by atoms with Crippen molar-refractivity contribution in [1.82, 2.24) is 4.90 Å². The van der Waals surface area contributed by atoms with Crippen molar-refractivity contribution in [1.29, 1.82) is 0 Å². The summed E-state index contributed by atoms with van der Waals surface area (Å²) in [5.74, 6) is 1.84. The molecule has 104 valence electrons. The number of furan rings is 1. The predicted molar refractivity (Wildman–Crippen MR) is 71.5 cm³/mol. The summed E-state index contributed by atoms with van der Waals surface area (Å²) in [5, 5.41) is 9.80. The van der Waals surface area contributed by atoms with E-state index in [9.17, 15) is 5.11 Å². The molecule has 1 unspecified atom stereocenters. The zero-order valence-electron chi connectivity index (χ0n) is 11.7. The van der Waals surface area contributed by atoms with E-state index in [1.54, 1.807) is 0 Å². The number of rotatable bonds is 9. The van der Waals surface area contributed by atoms with Crippen LogP contribution in [0, 0.1) is 6.92 Å². The predicted octanol–water partition coefficient (Wildman–Crippen LogP) is 2.20. The molecule has 1 N–H and O–H groups in total. The summed E-state index contributed by atoms with van der Waals surface area (Å²) in [7, 11) is 1.97. The SMILES string of the molecule is CCCCOCC(O)CN(C)Cc1ccc(C)o1. The van der Waals surface area contributed by atoms with E-state index in [1.165, 1.54) is 0 Å². The summed E-state index contributed by atoms with van der Waals surface area (Å²) < 4.78 is 10.9. The normalized spacial score (nSPS) is 13.2. The van der Waals surface area contributed by atoms with E-state index in [4.69, 9.17) is 9.15 Å². The molecule has 0 bridgehead atoms. The molecule has 0 saturated heterocycles. The molecule has 4 heteroatoms. The van der Waals surface area contributed by atoms with Gasteiger partial charge in [-0.25, -0.2) is 0 Å². The second-order valence-corrected chi connectivity index (χ2v) is 4.79. The lowest BCUT2D eigenvalue weighted by Gasteiger charge is -2.19. The van der Waals surface area contributed by atoms with Crippen molar-refractivity contribution in [3.05, 3.63) is 23.7 Å². The Balaban J connectivity index is 2.16. The highest BCUT2D eigenvalue weighted by Gasteiger charge is 2.10. The minimum absolute atomic E-state index is 0.404. The van der Waals surface area contributed by atoms with Crippen LogP contribution in [0.4, 0.5) is 0 Å². The van der Waals surface area contributed by atoms with E-state index in [0.29, 0.717) is 19.7 Å². The zero-order valence-corrected chi connectivity index (χ0v) is 11.7. The molecule has 0 spiro atoms. The van der Waals surface area contributed by atoms with Gasteiger partial charge < -0.3 is 14.3 Å². The Morgan fingerprint density at radius 2 is 2.22 bits per heavy atom. The van der Waals surface area contributed by atoms with E-state index in [-0.39, 0.29) is 0 Å². The summed E-state index contributed by atoms with van der Waals surface area (Å²) in [6.45, 7) is 6.49. The highest BCUT2D eigenvalue weighted by molar-refractivity contribution is 5.05. The molecular weight excluding hydrogens is 230 g/mol. The highest BCUT2D eigenvalue weighted by Crippen LogP contribution is 2.08. The number of aryl methyl sites for hydroxylation is 1. The van der Waals surface area contributed by atoms with Gasteiger partial charge in [0.25, 0.3) is 0 Å². The quantitative estimate of drug-likeness (QED) is 0.687. The molecular formula is C14H25NO3. The first-order chi connectivity index (χ1) is 8.61. The van der Waals surface area contributed by atoms with Crippen LogP contribution in [0.3, 0.4) is 0 Å². The minimum atomic E-state index is -0.442. The molecule has 0 aliphatic rings. The van der Waals surface area contributed by atoms with Gasteiger partial charge in [-0.3, -0.25) is 4.90 Å². The topological polar surface area (TPSA) is 45.8 Å². The van der Waals surface area contributed by atoms with Crippen molar-refractivity contribution in [3.8, 4) is 0 Å². The second-order valence-electron chi connectivity index (χ2n) is 4.79. The first kappa shape index (κ1) is 15.2. The average Bonchev–Trinajstić information content (AvgIpc) is 2.70. The fraction of sp³-hybridized carbons (Fsp3) is 0.714. The number of nitrogens with zero attached hydrogens (tertiary/aromatic N) is 1. The first-order valence-corrected chi connectivity index (χ1v) is 6.61. The third-order valence-electron chi connectivity index (χ3n) is 2.70. The van der Waals surface area contributed by atoms with Crippen LogP contribution >= 0.6 is 0 Å². The molecule has 0 fully saturated rings. The van der Waals surface area contributed by atoms with E-state index >= 15 is 0 Å². The van der Waals surface area contributed by atoms with E-state index in [1.807, 2.05) is 31.0 Å². The fourth-order valence-electron chi connectivity index (χ4n) is 1.78. The van der Waals surface area contributed by atoms with Crippen LogP contribution in [-0.2, 0) is 11.3 Å². The van der Waals surface area contributed by atoms with Crippen molar-refractivity contribution in [3.63, 3.8) is 0 Å². The van der Waals surface area contributed by atoms with Crippen LogP contribution in [0.1, 0.15) is 31.3 Å². The third-order valence-corrected chi connectivity index (χ3v) is 2.70. The highest BCUT2D eigenvalue weighted by atomic mass is 16.5. The Bertz CT molecular complexity index is 325. The number of likely N-dealkylation sites (N-methyl/N-ethyl adjacent to an activating group) is 1. The Morgan fingerprint density at radius 1 is 1.44 bits per heavy atom. The minimum Gasteiger partial charge on any atom is -0.465 e. The summed E-state index contributed by atoms with van der Waals surface area (Å²) in [6, 6.07) is 3.92. The van der Waals surface area contributed by atoms with Gasteiger partial charge in [0.05, 0.1) is 19.3 Å². The molecule has 1 rings (SSSR count). The monoisotopic (exact) mass is 255 g/mol. The maximum Gasteiger partial charge on any atom is 0.118 e. The molecule has 4 nitrogen and oxygen atoms in total. The molecule has 18 heavy (non-hydrogen) atoms. The summed E-state index contributed by atoms with van der Waals surface area (Å²) in [5.41, 5.74) is 0. The van der Waals surface area contributed by atoms with Gasteiger partial charge in [-0.05, 0) is 32.5 Å². The van der Waals surface area contributed by atoms with Crippen molar-refractivity contribution in [2.24, 2.45) is 0 Å². The van der Waals surface area contributed by atoms with E-state index in [0.717, 1.165) is 31.0 Å². The molecule has 1 heterocycles. The van der Waals surface area contributed by atoms with Gasteiger partial charge in [-0.1, -0.05) is 13.3 Å². The van der Waals surface area contributed by atoms with Gasteiger partial charge >= 0.3 is 0 Å².